The van der Waals surface area contributed by atoms with Crippen LogP contribution in [0.2, 0.25) is 0 Å². The fraction of sp³-hybridized carbons (Fsp3) is 0.150. The van der Waals surface area contributed by atoms with E-state index in [1.54, 1.807) is 12.1 Å². The Kier molecular flexibility index (Phi) is 6.56. The number of ether oxygens (including phenoxy) is 1. The molecule has 164 valence electrons. The van der Waals surface area contributed by atoms with E-state index < -0.39 is 38.3 Å². The third-order valence-corrected chi connectivity index (χ3v) is 5.36. The summed E-state index contributed by atoms with van der Waals surface area (Å²) in [5.41, 5.74) is -0.775. The molecule has 31 heavy (non-hydrogen) atoms. The van der Waals surface area contributed by atoms with Gasteiger partial charge in [-0.1, -0.05) is 18.2 Å². The Morgan fingerprint density at radius 3 is 2.39 bits per heavy atom. The predicted molar refractivity (Wildman–Crippen MR) is 101 cm³/mol. The Hall–Kier alpha value is -3.05. The second-order valence-electron chi connectivity index (χ2n) is 6.38. The molecule has 5 nitrogen and oxygen atoms in total. The van der Waals surface area contributed by atoms with Crippen LogP contribution >= 0.6 is 0 Å². The quantitative estimate of drug-likeness (QED) is 0.512. The number of anilines is 1. The number of pyridine rings is 1. The van der Waals surface area contributed by atoms with Crippen molar-refractivity contribution in [3.05, 3.63) is 89.1 Å². The maximum absolute atomic E-state index is 13.4. The number of benzene rings is 2. The molecule has 0 spiro atoms. The van der Waals surface area contributed by atoms with E-state index in [9.17, 15) is 30.4 Å². The zero-order valence-electron chi connectivity index (χ0n) is 15.7. The molecule has 0 aliphatic carbocycles. The maximum Gasteiger partial charge on any atom is 0.419 e. The van der Waals surface area contributed by atoms with Gasteiger partial charge in [0.2, 0.25) is 0 Å². The minimum atomic E-state index is -5.05. The molecule has 2 aromatic carbocycles. The highest BCUT2D eigenvalue weighted by atomic mass is 32.2. The molecule has 0 unspecified atom stereocenters. The van der Waals surface area contributed by atoms with Crippen molar-refractivity contribution in [2.45, 2.75) is 24.3 Å². The summed E-state index contributed by atoms with van der Waals surface area (Å²) in [5.74, 6) is -2.16. The van der Waals surface area contributed by atoms with Crippen LogP contribution in [-0.2, 0) is 34.2 Å². The summed E-state index contributed by atoms with van der Waals surface area (Å²) in [6.07, 6.45) is -5.05. The zero-order valence-corrected chi connectivity index (χ0v) is 16.5. The van der Waals surface area contributed by atoms with E-state index in [4.69, 9.17) is 4.74 Å². The highest BCUT2D eigenvalue weighted by molar-refractivity contribution is 7.92. The number of alkyl halides is 3. The van der Waals surface area contributed by atoms with Gasteiger partial charge >= 0.3 is 6.18 Å². The number of rotatable bonds is 7. The first kappa shape index (κ1) is 22.6. The largest absolute Gasteiger partial charge is 0.419 e. The van der Waals surface area contributed by atoms with Crippen LogP contribution in [0.5, 0.6) is 0 Å². The van der Waals surface area contributed by atoms with E-state index in [1.807, 2.05) is 0 Å². The van der Waals surface area contributed by atoms with Crippen LogP contribution in [0.1, 0.15) is 16.8 Å². The molecule has 0 radical (unpaired) electrons. The van der Waals surface area contributed by atoms with Gasteiger partial charge in [0.1, 0.15) is 17.5 Å². The lowest BCUT2D eigenvalue weighted by Crippen LogP contribution is -2.16. The molecule has 0 saturated carbocycles. The molecule has 0 saturated heterocycles. The first-order valence-corrected chi connectivity index (χ1v) is 10.2. The van der Waals surface area contributed by atoms with Crippen molar-refractivity contribution >= 4 is 15.8 Å². The number of halogens is 5. The van der Waals surface area contributed by atoms with Gasteiger partial charge in [0.25, 0.3) is 10.0 Å². The summed E-state index contributed by atoms with van der Waals surface area (Å²) >= 11 is 0. The normalized spacial score (nSPS) is 12.0. The van der Waals surface area contributed by atoms with Crippen molar-refractivity contribution in [3.8, 4) is 0 Å². The predicted octanol–water partition coefficient (Wildman–Crippen LogP) is 4.90. The van der Waals surface area contributed by atoms with Gasteiger partial charge < -0.3 is 4.74 Å². The van der Waals surface area contributed by atoms with E-state index in [0.29, 0.717) is 17.3 Å². The Bertz CT molecular complexity index is 1180. The van der Waals surface area contributed by atoms with Gasteiger partial charge in [-0.3, -0.25) is 4.72 Å². The Morgan fingerprint density at radius 2 is 1.68 bits per heavy atom. The van der Waals surface area contributed by atoms with Crippen molar-refractivity contribution in [1.82, 2.24) is 4.98 Å². The molecule has 3 aromatic rings. The Morgan fingerprint density at radius 1 is 0.935 bits per heavy atom. The molecule has 0 fully saturated rings. The third-order valence-electron chi connectivity index (χ3n) is 4.01. The lowest BCUT2D eigenvalue weighted by atomic mass is 10.2. The smallest absolute Gasteiger partial charge is 0.370 e. The van der Waals surface area contributed by atoms with Crippen LogP contribution in [0.4, 0.5) is 27.8 Å². The molecule has 0 aliphatic heterocycles. The minimum absolute atomic E-state index is 0.0269. The molecule has 1 N–H and O–H groups in total. The van der Waals surface area contributed by atoms with Gasteiger partial charge in [0, 0.05) is 0 Å². The van der Waals surface area contributed by atoms with Crippen molar-refractivity contribution in [3.63, 3.8) is 0 Å². The highest BCUT2D eigenvalue weighted by Gasteiger charge is 2.35. The van der Waals surface area contributed by atoms with Crippen molar-refractivity contribution in [2.24, 2.45) is 0 Å². The van der Waals surface area contributed by atoms with Crippen LogP contribution in [-0.4, -0.2) is 13.4 Å². The highest BCUT2D eigenvalue weighted by Crippen LogP contribution is 2.33. The summed E-state index contributed by atoms with van der Waals surface area (Å²) in [5, 5.41) is 0. The average Bonchev–Trinajstić information content (AvgIpc) is 2.67. The number of nitrogens with one attached hydrogen (secondary N) is 1. The van der Waals surface area contributed by atoms with Crippen LogP contribution < -0.4 is 4.72 Å². The van der Waals surface area contributed by atoms with Crippen molar-refractivity contribution in [1.29, 1.82) is 0 Å². The van der Waals surface area contributed by atoms with Crippen molar-refractivity contribution in [2.75, 3.05) is 4.72 Å². The van der Waals surface area contributed by atoms with E-state index in [1.165, 1.54) is 30.3 Å². The molecule has 11 heteroatoms. The zero-order chi connectivity index (χ0) is 22.6. The summed E-state index contributed by atoms with van der Waals surface area (Å²) in [7, 11) is -4.46. The van der Waals surface area contributed by atoms with Crippen LogP contribution in [0.15, 0.2) is 65.6 Å². The van der Waals surface area contributed by atoms with Crippen LogP contribution in [0, 0.1) is 11.6 Å². The van der Waals surface area contributed by atoms with E-state index in [-0.39, 0.29) is 25.1 Å². The number of hydrogen-bond acceptors (Lipinski definition) is 4. The number of aromatic nitrogens is 1. The lowest BCUT2D eigenvalue weighted by molar-refractivity contribution is -0.140. The van der Waals surface area contributed by atoms with Gasteiger partial charge in [0.05, 0.1) is 29.4 Å². The van der Waals surface area contributed by atoms with Crippen LogP contribution in [0.3, 0.4) is 0 Å². The Labute approximate surface area is 174 Å². The first-order valence-electron chi connectivity index (χ1n) is 8.72. The average molecular weight is 458 g/mol. The van der Waals surface area contributed by atoms with Gasteiger partial charge in [-0.15, -0.1) is 0 Å². The molecule has 1 heterocycles. The molecule has 0 bridgehead atoms. The molecule has 0 atom stereocenters. The number of sulfonamides is 1. The minimum Gasteiger partial charge on any atom is -0.370 e. The van der Waals surface area contributed by atoms with E-state index in [0.717, 1.165) is 6.07 Å². The summed E-state index contributed by atoms with van der Waals surface area (Å²) in [4.78, 5) is 3.27. The number of hydrogen-bond donors (Lipinski definition) is 1. The first-order chi connectivity index (χ1) is 14.5. The second kappa shape index (κ2) is 8.98. The summed E-state index contributed by atoms with van der Waals surface area (Å²) in [6, 6.07) is 11.5. The monoisotopic (exact) mass is 458 g/mol. The number of nitrogens with zero attached hydrogens (tertiary/aromatic N) is 1. The van der Waals surface area contributed by atoms with E-state index in [2.05, 4.69) is 9.71 Å². The van der Waals surface area contributed by atoms with Crippen molar-refractivity contribution < 1.29 is 35.1 Å². The topological polar surface area (TPSA) is 68.3 Å². The molecular formula is C20H15F5N2O3S. The van der Waals surface area contributed by atoms with Gasteiger partial charge in [-0.25, -0.2) is 22.2 Å². The fourth-order valence-corrected chi connectivity index (χ4v) is 3.63. The molecule has 3 rings (SSSR count). The SMILES string of the molecule is O=S(=O)(Nc1cccc(COCc2cccc(F)c2)n1)c1ccc(F)c(C(F)(F)F)c1. The van der Waals surface area contributed by atoms with Gasteiger partial charge in [-0.2, -0.15) is 13.2 Å². The lowest BCUT2D eigenvalue weighted by Gasteiger charge is -2.12. The second-order valence-corrected chi connectivity index (χ2v) is 8.06. The molecule has 1 aromatic heterocycles. The maximum atomic E-state index is 13.4. The summed E-state index contributed by atoms with van der Waals surface area (Å²) < 4.78 is 97.5. The van der Waals surface area contributed by atoms with Crippen LogP contribution in [0.25, 0.3) is 0 Å². The van der Waals surface area contributed by atoms with Gasteiger partial charge in [-0.05, 0) is 48.0 Å². The third kappa shape index (κ3) is 5.98. The molecule has 0 aliphatic rings. The standard InChI is InChI=1S/C20H15F5N2O3S/c21-14-4-1-3-13(9-14)11-30-12-15-5-2-6-19(26-15)27-31(28,29)16-7-8-18(22)17(10-16)20(23,24)25/h1-10H,11-12H2,(H,26,27). The fourth-order valence-electron chi connectivity index (χ4n) is 2.60. The molecule has 0 amide bonds. The van der Waals surface area contributed by atoms with E-state index >= 15 is 0 Å². The Balaban J connectivity index is 1.71. The van der Waals surface area contributed by atoms with Gasteiger partial charge in [0.15, 0.2) is 0 Å². The molecular weight excluding hydrogens is 443 g/mol. The summed E-state index contributed by atoms with van der Waals surface area (Å²) in [6.45, 7) is 0.0616.